The Morgan fingerprint density at radius 2 is 0.754 bits per heavy atom. The molecule has 65 heavy (non-hydrogen) atoms. The molecule has 0 radical (unpaired) electrons. The molecule has 9 nitrogen and oxygen atoms in total. The fourth-order valence-corrected chi connectivity index (χ4v) is 10.4. The van der Waals surface area contributed by atoms with Crippen LogP contribution in [0, 0.1) is 0 Å². The zero-order chi connectivity index (χ0) is 44.7. The SMILES string of the molecule is CCCCCCc1c(CCCCCC)c(CCCCCC)c2c3nc4nc(nc5[nH]c(nc6nc(nc([nH]3)c2c1CCCCCC)-c1ccccc1-6)c1ccccc51)-c1cccc(N)c1-4. The molecule has 336 valence electrons. The van der Waals surface area contributed by atoms with E-state index >= 15 is 0 Å². The predicted molar refractivity (Wildman–Crippen MR) is 272 cm³/mol. The number of nitrogen functional groups attached to an aromatic ring is 1. The molecule has 0 spiro atoms. The van der Waals surface area contributed by atoms with Crippen LogP contribution < -0.4 is 5.73 Å². The van der Waals surface area contributed by atoms with Gasteiger partial charge in [-0.3, -0.25) is 0 Å². The Bertz CT molecular complexity index is 2980. The number of unbranched alkanes of at least 4 members (excludes halogenated alkanes) is 12. The largest absolute Gasteiger partial charge is 0.398 e. The normalized spacial score (nSPS) is 12.1. The van der Waals surface area contributed by atoms with Crippen LogP contribution in [-0.2, 0) is 25.7 Å². The molecule has 0 aliphatic carbocycles. The summed E-state index contributed by atoms with van der Waals surface area (Å²) in [4.78, 5) is 39.8. The molecule has 0 saturated carbocycles. The summed E-state index contributed by atoms with van der Waals surface area (Å²) in [5, 5.41) is 4.31. The van der Waals surface area contributed by atoms with Crippen LogP contribution in [0.5, 0.6) is 0 Å². The third-order valence-electron chi connectivity index (χ3n) is 13.7. The number of nitrogens with one attached hydrogen (secondary N) is 2. The van der Waals surface area contributed by atoms with Crippen molar-refractivity contribution in [3.63, 3.8) is 0 Å². The van der Waals surface area contributed by atoms with Crippen molar-refractivity contribution in [2.24, 2.45) is 0 Å². The second-order valence-corrected chi connectivity index (χ2v) is 18.4. The lowest BCUT2D eigenvalue weighted by atomic mass is 9.82. The van der Waals surface area contributed by atoms with Crippen LogP contribution in [0.4, 0.5) is 5.69 Å². The lowest BCUT2D eigenvalue weighted by Crippen LogP contribution is -2.08. The summed E-state index contributed by atoms with van der Waals surface area (Å²) in [6.07, 6.45) is 23.5. The van der Waals surface area contributed by atoms with Gasteiger partial charge < -0.3 is 15.7 Å². The van der Waals surface area contributed by atoms with E-state index in [-0.39, 0.29) is 0 Å². The van der Waals surface area contributed by atoms with E-state index in [9.17, 15) is 0 Å². The molecular formula is C56H67N9. The van der Waals surface area contributed by atoms with E-state index < -0.39 is 0 Å². The number of nitrogens with zero attached hydrogens (tertiary/aromatic N) is 6. The molecule has 3 aromatic heterocycles. The molecule has 0 fully saturated rings. The number of aromatic amines is 2. The Kier molecular flexibility index (Phi) is 13.9. The monoisotopic (exact) mass is 866 g/mol. The third-order valence-corrected chi connectivity index (χ3v) is 13.7. The Morgan fingerprint density at radius 3 is 1.25 bits per heavy atom. The number of H-pyrrole nitrogens is 2. The molecule has 2 aliphatic rings. The number of hydrogen-bond acceptors (Lipinski definition) is 7. The first kappa shape index (κ1) is 44.3. The topological polar surface area (TPSA) is 135 Å². The minimum atomic E-state index is 0.563. The van der Waals surface area contributed by atoms with Crippen LogP contribution >= 0.6 is 0 Å². The van der Waals surface area contributed by atoms with E-state index in [2.05, 4.69) is 80.1 Å². The molecule has 0 amide bonds. The van der Waals surface area contributed by atoms with Crippen molar-refractivity contribution < 1.29 is 0 Å². The standard InChI is InChI=1S/C56H67N9/c1-5-9-13-17-26-36-37(27-18-14-10-6-2)39(29-20-16-12-8-4)48-47(38(36)28-19-15-11-7-3)55-62-52-43-33-24-23-32-42(43)50(60-52)58-49-40-30-21-22-31-41(40)51(59-49)61-53-44-34-25-35-45(57)46(44)54(63-53)64-56(48)65-55/h21-25,30-35H,5-20,26-29,57H2,1-4H3,(H2,58,59,60,61,62,63,64,65). The van der Waals surface area contributed by atoms with Gasteiger partial charge in [-0.15, -0.1) is 0 Å². The number of benzene rings is 4. The molecule has 0 saturated heterocycles. The van der Waals surface area contributed by atoms with Crippen LogP contribution in [0.25, 0.3) is 89.7 Å². The number of rotatable bonds is 20. The lowest BCUT2D eigenvalue weighted by Gasteiger charge is -2.22. The molecule has 2 aliphatic heterocycles. The van der Waals surface area contributed by atoms with E-state index in [1.54, 1.807) is 11.1 Å². The van der Waals surface area contributed by atoms with E-state index in [0.717, 1.165) is 82.8 Å². The summed E-state index contributed by atoms with van der Waals surface area (Å²) in [5.41, 5.74) is 20.1. The molecule has 8 bridgehead atoms. The van der Waals surface area contributed by atoms with E-state index in [0.29, 0.717) is 40.3 Å². The maximum Gasteiger partial charge on any atom is 0.166 e. The van der Waals surface area contributed by atoms with Gasteiger partial charge in [0.05, 0.1) is 5.56 Å². The molecule has 5 heterocycles. The molecule has 0 unspecified atom stereocenters. The van der Waals surface area contributed by atoms with Crippen molar-refractivity contribution in [2.45, 2.75) is 156 Å². The maximum absolute atomic E-state index is 6.90. The smallest absolute Gasteiger partial charge is 0.166 e. The van der Waals surface area contributed by atoms with Crippen molar-refractivity contribution in [3.8, 4) is 45.6 Å². The van der Waals surface area contributed by atoms with E-state index in [1.165, 1.54) is 112 Å². The van der Waals surface area contributed by atoms with Crippen molar-refractivity contribution in [1.29, 1.82) is 0 Å². The minimum absolute atomic E-state index is 0.563. The number of nitrogens with two attached hydrogens (primary N) is 1. The quantitative estimate of drug-likeness (QED) is 0.0513. The van der Waals surface area contributed by atoms with Gasteiger partial charge in [-0.2, -0.15) is 0 Å². The van der Waals surface area contributed by atoms with Gasteiger partial charge in [-0.25, -0.2) is 29.9 Å². The number of anilines is 1. The minimum Gasteiger partial charge on any atom is -0.398 e. The van der Waals surface area contributed by atoms with Crippen LogP contribution in [0.15, 0.2) is 66.7 Å². The second-order valence-electron chi connectivity index (χ2n) is 18.4. The Morgan fingerprint density at radius 1 is 0.369 bits per heavy atom. The van der Waals surface area contributed by atoms with Gasteiger partial charge in [-0.05, 0) is 79.7 Å². The zero-order valence-corrected chi connectivity index (χ0v) is 39.3. The average Bonchev–Trinajstić information content (AvgIpc) is 4.06. The number of aryl methyl sites for hydroxylation is 2. The van der Waals surface area contributed by atoms with Gasteiger partial charge in [0, 0.05) is 43.9 Å². The first-order valence-corrected chi connectivity index (χ1v) is 25.1. The Balaban J connectivity index is 1.45. The van der Waals surface area contributed by atoms with Crippen LogP contribution in [0.1, 0.15) is 153 Å². The van der Waals surface area contributed by atoms with Gasteiger partial charge in [-0.1, -0.05) is 165 Å². The van der Waals surface area contributed by atoms with Crippen molar-refractivity contribution in [3.05, 3.63) is 89.0 Å². The molecule has 4 N–H and O–H groups in total. The molecule has 9 rings (SSSR count). The molecular weight excluding hydrogens is 799 g/mol. The third kappa shape index (κ3) is 9.03. The average molecular weight is 866 g/mol. The van der Waals surface area contributed by atoms with Crippen LogP contribution in [-0.4, -0.2) is 39.9 Å². The summed E-state index contributed by atoms with van der Waals surface area (Å²) in [5.74, 6) is 2.41. The van der Waals surface area contributed by atoms with Gasteiger partial charge in [0.2, 0.25) is 0 Å². The van der Waals surface area contributed by atoms with Crippen molar-refractivity contribution in [2.75, 3.05) is 5.73 Å². The van der Waals surface area contributed by atoms with Crippen LogP contribution in [0.2, 0.25) is 0 Å². The summed E-state index contributed by atoms with van der Waals surface area (Å²) < 4.78 is 0. The van der Waals surface area contributed by atoms with Crippen molar-refractivity contribution in [1.82, 2.24) is 39.9 Å². The Hall–Kier alpha value is -5.96. The molecule has 9 heteroatoms. The molecule has 4 aromatic carbocycles. The van der Waals surface area contributed by atoms with Crippen LogP contribution in [0.3, 0.4) is 0 Å². The zero-order valence-electron chi connectivity index (χ0n) is 39.3. The maximum atomic E-state index is 6.90. The van der Waals surface area contributed by atoms with Gasteiger partial charge in [0.15, 0.2) is 23.3 Å². The highest BCUT2D eigenvalue weighted by molar-refractivity contribution is 6.10. The molecule has 0 atom stereocenters. The summed E-state index contributed by atoms with van der Waals surface area (Å²) in [6.45, 7) is 9.24. The first-order chi connectivity index (χ1) is 32.0. The van der Waals surface area contributed by atoms with Gasteiger partial charge >= 0.3 is 0 Å². The highest BCUT2D eigenvalue weighted by Crippen LogP contribution is 2.43. The fraction of sp³-hybridized carbons (Fsp3) is 0.429. The highest BCUT2D eigenvalue weighted by Gasteiger charge is 2.27. The molecule has 7 aromatic rings. The number of hydrogen-bond donors (Lipinski definition) is 3. The summed E-state index contributed by atoms with van der Waals surface area (Å²) in [6, 6.07) is 22.6. The van der Waals surface area contributed by atoms with E-state index in [4.69, 9.17) is 35.6 Å². The number of aromatic nitrogens is 8. The predicted octanol–water partition coefficient (Wildman–Crippen LogP) is 14.9. The fourth-order valence-electron chi connectivity index (χ4n) is 10.4. The first-order valence-electron chi connectivity index (χ1n) is 25.1. The Labute approximate surface area is 384 Å². The lowest BCUT2D eigenvalue weighted by molar-refractivity contribution is 0.634. The highest BCUT2D eigenvalue weighted by atomic mass is 15.1. The van der Waals surface area contributed by atoms with Gasteiger partial charge in [0.25, 0.3) is 0 Å². The van der Waals surface area contributed by atoms with E-state index in [1.807, 2.05) is 24.3 Å². The summed E-state index contributed by atoms with van der Waals surface area (Å²) >= 11 is 0. The van der Waals surface area contributed by atoms with Crippen molar-refractivity contribution >= 4 is 49.8 Å². The second kappa shape index (κ2) is 20.5. The number of fused-ring (bicyclic) bond motifs is 20. The summed E-state index contributed by atoms with van der Waals surface area (Å²) in [7, 11) is 0. The van der Waals surface area contributed by atoms with Gasteiger partial charge in [0.1, 0.15) is 22.6 Å².